The van der Waals surface area contributed by atoms with E-state index >= 15 is 0 Å². The van der Waals surface area contributed by atoms with Crippen molar-refractivity contribution in [1.82, 2.24) is 9.62 Å². The fourth-order valence-corrected chi connectivity index (χ4v) is 6.04. The number of hydrogen-bond donors (Lipinski definition) is 1. The van der Waals surface area contributed by atoms with Gasteiger partial charge in [-0.25, -0.2) is 8.42 Å². The largest absolute Gasteiger partial charge is 0.349 e. The molecule has 0 aromatic heterocycles. The lowest BCUT2D eigenvalue weighted by Crippen LogP contribution is -2.44. The van der Waals surface area contributed by atoms with Crippen LogP contribution in [0.2, 0.25) is 0 Å². The van der Waals surface area contributed by atoms with E-state index in [-0.39, 0.29) is 17.9 Å². The zero-order chi connectivity index (χ0) is 20.4. The third-order valence-electron chi connectivity index (χ3n) is 5.96. The maximum Gasteiger partial charge on any atom is 0.243 e. The molecule has 1 aliphatic carbocycles. The highest BCUT2D eigenvalue weighted by molar-refractivity contribution is 9.10. The van der Waals surface area contributed by atoms with Crippen molar-refractivity contribution in [1.29, 1.82) is 0 Å². The van der Waals surface area contributed by atoms with Gasteiger partial charge in [0, 0.05) is 23.5 Å². The van der Waals surface area contributed by atoms with Gasteiger partial charge in [-0.2, -0.15) is 4.31 Å². The van der Waals surface area contributed by atoms with Gasteiger partial charge in [0.15, 0.2) is 0 Å². The minimum Gasteiger partial charge on any atom is -0.349 e. The molecule has 1 N–H and O–H groups in total. The number of amides is 1. The topological polar surface area (TPSA) is 66.5 Å². The van der Waals surface area contributed by atoms with Crippen molar-refractivity contribution in [3.63, 3.8) is 0 Å². The quantitative estimate of drug-likeness (QED) is 0.723. The number of halogens is 1. The van der Waals surface area contributed by atoms with Crippen molar-refractivity contribution >= 4 is 31.9 Å². The number of fused-ring (bicyclic) bond motifs is 1. The fraction of sp³-hybridized carbons (Fsp3) is 0.409. The molecule has 1 aliphatic heterocycles. The van der Waals surface area contributed by atoms with Crippen molar-refractivity contribution in [3.8, 4) is 0 Å². The van der Waals surface area contributed by atoms with Crippen LogP contribution in [-0.4, -0.2) is 31.7 Å². The number of sulfonamides is 1. The summed E-state index contributed by atoms with van der Waals surface area (Å²) >= 11 is 3.33. The van der Waals surface area contributed by atoms with E-state index in [9.17, 15) is 13.2 Å². The molecule has 4 rings (SSSR count). The smallest absolute Gasteiger partial charge is 0.243 e. The van der Waals surface area contributed by atoms with Crippen LogP contribution in [0.3, 0.4) is 0 Å². The molecule has 0 bridgehead atoms. The van der Waals surface area contributed by atoms with Gasteiger partial charge in [-0.3, -0.25) is 4.79 Å². The number of aryl methyl sites for hydroxylation is 1. The Morgan fingerprint density at radius 1 is 1.00 bits per heavy atom. The van der Waals surface area contributed by atoms with Crippen molar-refractivity contribution in [2.45, 2.75) is 43.0 Å². The molecule has 1 atom stereocenters. The van der Waals surface area contributed by atoms with Gasteiger partial charge in [-0.15, -0.1) is 0 Å². The van der Waals surface area contributed by atoms with Gasteiger partial charge in [0.05, 0.1) is 10.9 Å². The van der Waals surface area contributed by atoms with Gasteiger partial charge >= 0.3 is 0 Å². The Hall–Kier alpha value is -1.70. The molecule has 2 aromatic rings. The molecule has 0 saturated carbocycles. The second-order valence-electron chi connectivity index (χ2n) is 7.78. The number of benzene rings is 2. The molecule has 1 amide bonds. The summed E-state index contributed by atoms with van der Waals surface area (Å²) in [6.07, 6.45) is 4.20. The van der Waals surface area contributed by atoms with Crippen LogP contribution in [-0.2, 0) is 21.2 Å². The lowest BCUT2D eigenvalue weighted by Gasteiger charge is -2.32. The first kappa shape index (κ1) is 20.6. The molecule has 1 saturated heterocycles. The van der Waals surface area contributed by atoms with E-state index in [1.54, 1.807) is 24.3 Å². The highest BCUT2D eigenvalue weighted by Gasteiger charge is 2.33. The van der Waals surface area contributed by atoms with E-state index in [0.717, 1.165) is 23.7 Å². The summed E-state index contributed by atoms with van der Waals surface area (Å²) in [5, 5.41) is 3.22. The Kier molecular flexibility index (Phi) is 6.08. The molecule has 0 spiro atoms. The van der Waals surface area contributed by atoms with Crippen LogP contribution in [0, 0.1) is 5.92 Å². The molecule has 0 radical (unpaired) electrons. The second-order valence-corrected chi connectivity index (χ2v) is 10.6. The van der Waals surface area contributed by atoms with Crippen LogP contribution >= 0.6 is 15.9 Å². The molecule has 1 heterocycles. The summed E-state index contributed by atoms with van der Waals surface area (Å²) in [5.41, 5.74) is 2.54. The summed E-state index contributed by atoms with van der Waals surface area (Å²) < 4.78 is 28.0. The number of nitrogens with one attached hydrogen (secondary N) is 1. The van der Waals surface area contributed by atoms with Crippen molar-refractivity contribution in [2.24, 2.45) is 5.92 Å². The number of rotatable bonds is 4. The Balaban J connectivity index is 1.37. The van der Waals surface area contributed by atoms with Gasteiger partial charge in [-0.1, -0.05) is 40.2 Å². The Morgan fingerprint density at radius 3 is 2.41 bits per heavy atom. The van der Waals surface area contributed by atoms with E-state index in [2.05, 4.69) is 33.4 Å². The number of nitrogens with zero attached hydrogens (tertiary/aromatic N) is 1. The third-order valence-corrected chi connectivity index (χ3v) is 8.40. The van der Waals surface area contributed by atoms with Crippen LogP contribution in [0.15, 0.2) is 57.9 Å². The lowest BCUT2D eigenvalue weighted by atomic mass is 9.87. The Bertz CT molecular complexity index is 983. The maximum absolute atomic E-state index is 12.9. The molecule has 2 aliphatic rings. The average molecular weight is 477 g/mol. The standard InChI is InChI=1S/C22H25BrN2O3S/c23-18-8-10-19(11-9-18)29(27,28)25-14-12-17(13-15-25)22(26)24-21-7-3-5-16-4-1-2-6-20(16)21/h1-2,4,6,8-11,17,21H,3,5,7,12-15H2,(H,24,26). The summed E-state index contributed by atoms with van der Waals surface area (Å²) in [5.74, 6) is -0.0900. The van der Waals surface area contributed by atoms with Gasteiger partial charge in [0.2, 0.25) is 15.9 Å². The highest BCUT2D eigenvalue weighted by atomic mass is 79.9. The second kappa shape index (κ2) is 8.58. The minimum atomic E-state index is -3.51. The summed E-state index contributed by atoms with van der Waals surface area (Å²) in [6, 6.07) is 15.1. The van der Waals surface area contributed by atoms with E-state index in [0.29, 0.717) is 30.8 Å². The minimum absolute atomic E-state index is 0.0485. The predicted molar refractivity (Wildman–Crippen MR) is 116 cm³/mol. The van der Waals surface area contributed by atoms with Crippen LogP contribution in [0.1, 0.15) is 42.9 Å². The molecule has 7 heteroatoms. The van der Waals surface area contributed by atoms with Crippen molar-refractivity contribution in [2.75, 3.05) is 13.1 Å². The van der Waals surface area contributed by atoms with E-state index < -0.39 is 10.0 Å². The van der Waals surface area contributed by atoms with E-state index in [4.69, 9.17) is 0 Å². The first-order valence-electron chi connectivity index (χ1n) is 10.1. The summed E-state index contributed by atoms with van der Waals surface area (Å²) in [7, 11) is -3.51. The zero-order valence-corrected chi connectivity index (χ0v) is 18.6. The summed E-state index contributed by atoms with van der Waals surface area (Å²) in [4.78, 5) is 13.1. The number of piperidine rings is 1. The van der Waals surface area contributed by atoms with Gasteiger partial charge in [0.1, 0.15) is 0 Å². The van der Waals surface area contributed by atoms with Gasteiger partial charge in [-0.05, 0) is 67.5 Å². The van der Waals surface area contributed by atoms with Crippen LogP contribution in [0.5, 0.6) is 0 Å². The van der Waals surface area contributed by atoms with Crippen molar-refractivity contribution < 1.29 is 13.2 Å². The van der Waals surface area contributed by atoms with Crippen molar-refractivity contribution in [3.05, 3.63) is 64.1 Å². The molecule has 1 fully saturated rings. The molecular formula is C22H25BrN2O3S. The molecule has 154 valence electrons. The maximum atomic E-state index is 12.9. The first-order valence-corrected chi connectivity index (χ1v) is 12.3. The van der Waals surface area contributed by atoms with Gasteiger partial charge < -0.3 is 5.32 Å². The monoisotopic (exact) mass is 476 g/mol. The molecular weight excluding hydrogens is 452 g/mol. The summed E-state index contributed by atoms with van der Waals surface area (Å²) in [6.45, 7) is 0.746. The SMILES string of the molecule is O=C(NC1CCCc2ccccc21)C1CCN(S(=O)(=O)c2ccc(Br)cc2)CC1. The third kappa shape index (κ3) is 4.42. The van der Waals surface area contributed by atoms with Crippen LogP contribution in [0.25, 0.3) is 0 Å². The van der Waals surface area contributed by atoms with E-state index in [1.165, 1.54) is 15.4 Å². The molecule has 2 aromatic carbocycles. The molecule has 1 unspecified atom stereocenters. The van der Waals surface area contributed by atoms with Crippen LogP contribution in [0.4, 0.5) is 0 Å². The Labute approximate surface area is 180 Å². The normalized spacial score (nSPS) is 20.8. The average Bonchev–Trinajstić information content (AvgIpc) is 2.74. The first-order chi connectivity index (χ1) is 13.9. The van der Waals surface area contributed by atoms with Crippen LogP contribution < -0.4 is 5.32 Å². The molecule has 5 nitrogen and oxygen atoms in total. The van der Waals surface area contributed by atoms with E-state index in [1.807, 2.05) is 12.1 Å². The fourth-order valence-electron chi connectivity index (χ4n) is 4.31. The number of hydrogen-bond acceptors (Lipinski definition) is 3. The number of carbonyl (C=O) groups excluding carboxylic acids is 1. The number of carbonyl (C=O) groups is 1. The Morgan fingerprint density at radius 2 is 1.69 bits per heavy atom. The lowest BCUT2D eigenvalue weighted by molar-refractivity contribution is -0.127. The highest BCUT2D eigenvalue weighted by Crippen LogP contribution is 2.31. The van der Waals surface area contributed by atoms with Gasteiger partial charge in [0.25, 0.3) is 0 Å². The molecule has 29 heavy (non-hydrogen) atoms. The predicted octanol–water partition coefficient (Wildman–Crippen LogP) is 4.04. The zero-order valence-electron chi connectivity index (χ0n) is 16.2.